The molecule has 6 heteroatoms. The van der Waals surface area contributed by atoms with E-state index in [4.69, 9.17) is 17.3 Å². The van der Waals surface area contributed by atoms with Crippen LogP contribution >= 0.6 is 46.6 Å². The molecule has 1 heterocycles. The van der Waals surface area contributed by atoms with Crippen molar-refractivity contribution in [2.75, 3.05) is 6.54 Å². The van der Waals surface area contributed by atoms with Crippen LogP contribution in [0.15, 0.2) is 18.2 Å². The first-order valence-electron chi connectivity index (χ1n) is 6.52. The fraction of sp³-hybridized carbons (Fsp3) is 0.500. The Kier molecular flexibility index (Phi) is 7.04. The maximum Gasteiger partial charge on any atom is 0.255 e. The minimum atomic E-state index is -0.00752. The minimum Gasteiger partial charge on any atom is -0.334 e. The van der Waals surface area contributed by atoms with Gasteiger partial charge in [-0.15, -0.1) is 12.4 Å². The predicted molar refractivity (Wildman–Crippen MR) is 93.7 cm³/mol. The van der Waals surface area contributed by atoms with Crippen LogP contribution in [0, 0.1) is 3.57 Å². The summed E-state index contributed by atoms with van der Waals surface area (Å²) in [5, 5.41) is 0.519. The highest BCUT2D eigenvalue weighted by molar-refractivity contribution is 14.1. The monoisotopic (exact) mass is 428 g/mol. The quantitative estimate of drug-likeness (QED) is 0.730. The second-order valence-corrected chi connectivity index (χ2v) is 6.70. The molecule has 3 nitrogen and oxygen atoms in total. The molecular formula is C14H19Cl2IN2O. The molecule has 1 fully saturated rings. The van der Waals surface area contributed by atoms with Gasteiger partial charge in [-0.2, -0.15) is 0 Å². The Labute approximate surface area is 144 Å². The molecule has 112 valence electrons. The van der Waals surface area contributed by atoms with Crippen molar-refractivity contribution in [1.82, 2.24) is 4.90 Å². The molecule has 1 amide bonds. The smallest absolute Gasteiger partial charge is 0.255 e. The number of rotatable bonds is 2. The van der Waals surface area contributed by atoms with Crippen molar-refractivity contribution >= 4 is 52.5 Å². The second kappa shape index (κ2) is 7.82. The topological polar surface area (TPSA) is 46.3 Å². The third-order valence-corrected chi connectivity index (χ3v) is 4.56. The van der Waals surface area contributed by atoms with Gasteiger partial charge in [-0.25, -0.2) is 0 Å². The number of carbonyl (C=O) groups is 1. The summed E-state index contributed by atoms with van der Waals surface area (Å²) >= 11 is 8.37. The Hall–Kier alpha value is -0.0400. The maximum atomic E-state index is 12.6. The third-order valence-electron chi connectivity index (χ3n) is 3.58. The fourth-order valence-corrected chi connectivity index (χ4v) is 3.51. The lowest BCUT2D eigenvalue weighted by Gasteiger charge is -2.38. The summed E-state index contributed by atoms with van der Waals surface area (Å²) in [5.74, 6) is 0.00315. The van der Waals surface area contributed by atoms with Crippen LogP contribution in [0.2, 0.25) is 5.02 Å². The maximum absolute atomic E-state index is 12.6. The van der Waals surface area contributed by atoms with Crippen molar-refractivity contribution in [3.05, 3.63) is 32.4 Å². The van der Waals surface area contributed by atoms with Crippen LogP contribution in [0.3, 0.4) is 0 Å². The van der Waals surface area contributed by atoms with E-state index in [1.165, 1.54) is 0 Å². The van der Waals surface area contributed by atoms with Gasteiger partial charge in [-0.05, 0) is 67.0 Å². The van der Waals surface area contributed by atoms with Gasteiger partial charge in [0.1, 0.15) is 0 Å². The van der Waals surface area contributed by atoms with E-state index in [1.807, 2.05) is 24.0 Å². The van der Waals surface area contributed by atoms with Gasteiger partial charge < -0.3 is 10.6 Å². The molecule has 1 aromatic rings. The van der Waals surface area contributed by atoms with Crippen molar-refractivity contribution in [2.45, 2.75) is 38.3 Å². The van der Waals surface area contributed by atoms with Gasteiger partial charge in [0.05, 0.1) is 10.6 Å². The number of likely N-dealkylation sites (tertiary alicyclic amines) is 1. The van der Waals surface area contributed by atoms with E-state index >= 15 is 0 Å². The van der Waals surface area contributed by atoms with Gasteiger partial charge in [0.2, 0.25) is 0 Å². The first kappa shape index (κ1) is 18.0. The lowest BCUT2D eigenvalue weighted by Crippen LogP contribution is -2.51. The van der Waals surface area contributed by atoms with E-state index in [1.54, 1.807) is 6.07 Å². The molecule has 0 spiro atoms. The number of halogens is 3. The van der Waals surface area contributed by atoms with Crippen LogP contribution in [0.25, 0.3) is 0 Å². The van der Waals surface area contributed by atoms with Gasteiger partial charge >= 0.3 is 0 Å². The number of hydrogen-bond acceptors (Lipinski definition) is 2. The molecule has 0 aromatic heterocycles. The third kappa shape index (κ3) is 4.00. The SMILES string of the molecule is CC(N)C1CCCCN1C(=O)c1ccc(I)cc1Cl.Cl. The zero-order valence-electron chi connectivity index (χ0n) is 11.3. The van der Waals surface area contributed by atoms with Crippen molar-refractivity contribution in [1.29, 1.82) is 0 Å². The van der Waals surface area contributed by atoms with Crippen molar-refractivity contribution in [3.63, 3.8) is 0 Å². The van der Waals surface area contributed by atoms with Gasteiger partial charge in [0, 0.05) is 22.2 Å². The van der Waals surface area contributed by atoms with E-state index in [-0.39, 0.29) is 30.4 Å². The summed E-state index contributed by atoms with van der Waals surface area (Å²) in [7, 11) is 0. The van der Waals surface area contributed by atoms with E-state index < -0.39 is 0 Å². The average molecular weight is 429 g/mol. The Morgan fingerprint density at radius 3 is 2.80 bits per heavy atom. The van der Waals surface area contributed by atoms with Crippen LogP contribution in [0.5, 0.6) is 0 Å². The van der Waals surface area contributed by atoms with Crippen molar-refractivity contribution in [2.24, 2.45) is 5.73 Å². The molecule has 0 bridgehead atoms. The summed E-state index contributed by atoms with van der Waals surface area (Å²) in [4.78, 5) is 14.5. The van der Waals surface area contributed by atoms with Gasteiger partial charge in [-0.3, -0.25) is 4.79 Å². The van der Waals surface area contributed by atoms with E-state index in [9.17, 15) is 4.79 Å². The molecule has 2 unspecified atom stereocenters. The van der Waals surface area contributed by atoms with Crippen LogP contribution in [-0.4, -0.2) is 29.4 Å². The summed E-state index contributed by atoms with van der Waals surface area (Å²) in [6.07, 6.45) is 3.15. The number of carbonyl (C=O) groups excluding carboxylic acids is 1. The molecule has 2 rings (SSSR count). The Morgan fingerprint density at radius 2 is 2.20 bits per heavy atom. The highest BCUT2D eigenvalue weighted by Gasteiger charge is 2.30. The molecule has 1 saturated heterocycles. The van der Waals surface area contributed by atoms with E-state index in [0.29, 0.717) is 10.6 Å². The van der Waals surface area contributed by atoms with Gasteiger partial charge in [0.25, 0.3) is 5.91 Å². The minimum absolute atomic E-state index is 0. The van der Waals surface area contributed by atoms with Gasteiger partial charge in [0.15, 0.2) is 0 Å². The first-order valence-corrected chi connectivity index (χ1v) is 7.98. The average Bonchev–Trinajstić information content (AvgIpc) is 2.38. The molecule has 0 saturated carbocycles. The van der Waals surface area contributed by atoms with E-state index in [0.717, 1.165) is 29.4 Å². The number of nitrogens with zero attached hydrogens (tertiary/aromatic N) is 1. The summed E-state index contributed by atoms with van der Waals surface area (Å²) in [6, 6.07) is 5.65. The molecule has 20 heavy (non-hydrogen) atoms. The molecule has 0 radical (unpaired) electrons. The summed E-state index contributed by atoms with van der Waals surface area (Å²) in [5.41, 5.74) is 6.59. The van der Waals surface area contributed by atoms with Crippen LogP contribution in [0.1, 0.15) is 36.5 Å². The predicted octanol–water partition coefficient (Wildman–Crippen LogP) is 3.71. The molecule has 0 aliphatic carbocycles. The molecular weight excluding hydrogens is 410 g/mol. The number of nitrogens with two attached hydrogens (primary N) is 1. The molecule has 1 aromatic carbocycles. The number of hydrogen-bond donors (Lipinski definition) is 1. The van der Waals surface area contributed by atoms with Crippen LogP contribution in [0.4, 0.5) is 0 Å². The molecule has 2 atom stereocenters. The standard InChI is InChI=1S/C14H18ClIN2O.ClH/c1-9(17)13-4-2-3-7-18(13)14(19)11-6-5-10(16)8-12(11)15;/h5-6,8-9,13H,2-4,7,17H2,1H3;1H. The Bertz CT molecular complexity index is 482. The Balaban J connectivity index is 0.00000200. The second-order valence-electron chi connectivity index (χ2n) is 5.04. The normalized spacial score (nSPS) is 20.2. The highest BCUT2D eigenvalue weighted by atomic mass is 127. The molecule has 1 aliphatic rings. The first-order chi connectivity index (χ1) is 9.00. The summed E-state index contributed by atoms with van der Waals surface area (Å²) in [6.45, 7) is 2.74. The lowest BCUT2D eigenvalue weighted by atomic mass is 9.96. The van der Waals surface area contributed by atoms with Crippen LogP contribution in [-0.2, 0) is 0 Å². The van der Waals surface area contributed by atoms with Gasteiger partial charge in [-0.1, -0.05) is 11.6 Å². The number of benzene rings is 1. The number of amides is 1. The number of piperidine rings is 1. The zero-order valence-corrected chi connectivity index (χ0v) is 15.0. The molecule has 1 aliphatic heterocycles. The zero-order chi connectivity index (χ0) is 14.0. The Morgan fingerprint density at radius 1 is 1.50 bits per heavy atom. The molecule has 2 N–H and O–H groups in total. The summed E-state index contributed by atoms with van der Waals surface area (Å²) < 4.78 is 1.03. The highest BCUT2D eigenvalue weighted by Crippen LogP contribution is 2.25. The fourth-order valence-electron chi connectivity index (χ4n) is 2.57. The van der Waals surface area contributed by atoms with Crippen LogP contribution < -0.4 is 5.73 Å². The van der Waals surface area contributed by atoms with Crippen molar-refractivity contribution in [3.8, 4) is 0 Å². The van der Waals surface area contributed by atoms with Crippen molar-refractivity contribution < 1.29 is 4.79 Å². The largest absolute Gasteiger partial charge is 0.334 e. The lowest BCUT2D eigenvalue weighted by molar-refractivity contribution is 0.0584. The van der Waals surface area contributed by atoms with E-state index in [2.05, 4.69) is 22.6 Å².